The summed E-state index contributed by atoms with van der Waals surface area (Å²) < 4.78 is 11.3. The molecular formula is C19H26N4O6. The van der Waals surface area contributed by atoms with Crippen molar-refractivity contribution in [1.82, 2.24) is 15.1 Å². The van der Waals surface area contributed by atoms with E-state index in [4.69, 9.17) is 9.47 Å². The van der Waals surface area contributed by atoms with Gasteiger partial charge in [-0.1, -0.05) is 13.8 Å². The smallest absolute Gasteiger partial charge is 0.327 e. The molecule has 1 heterocycles. The molecule has 10 nitrogen and oxygen atoms in total. The van der Waals surface area contributed by atoms with Crippen molar-refractivity contribution in [3.05, 3.63) is 18.2 Å². The van der Waals surface area contributed by atoms with Crippen LogP contribution in [-0.2, 0) is 9.59 Å². The van der Waals surface area contributed by atoms with Gasteiger partial charge in [-0.3, -0.25) is 19.8 Å². The molecule has 10 heteroatoms. The van der Waals surface area contributed by atoms with Gasteiger partial charge in [0.15, 0.2) is 11.5 Å². The number of nitrogens with zero attached hydrogens (tertiary/aromatic N) is 2. The van der Waals surface area contributed by atoms with Gasteiger partial charge in [0.05, 0.1) is 13.2 Å². The number of hydrogen-bond donors (Lipinski definition) is 2. The van der Waals surface area contributed by atoms with Crippen LogP contribution in [0.5, 0.6) is 11.5 Å². The molecule has 6 amide bonds. The maximum atomic E-state index is 12.1. The first kappa shape index (κ1) is 22.0. The Bertz CT molecular complexity index is 782. The molecule has 0 unspecified atom stereocenters. The van der Waals surface area contributed by atoms with Crippen molar-refractivity contribution >= 4 is 29.6 Å². The molecule has 158 valence electrons. The molecule has 29 heavy (non-hydrogen) atoms. The molecule has 2 N–H and O–H groups in total. The second-order valence-electron chi connectivity index (χ2n) is 6.48. The van der Waals surface area contributed by atoms with Crippen molar-refractivity contribution in [2.45, 2.75) is 26.7 Å². The van der Waals surface area contributed by atoms with Gasteiger partial charge in [0.25, 0.3) is 5.91 Å². The van der Waals surface area contributed by atoms with Gasteiger partial charge in [-0.15, -0.1) is 0 Å². The molecule has 0 atom stereocenters. The molecule has 0 aliphatic carbocycles. The highest BCUT2D eigenvalue weighted by atomic mass is 16.5. The monoisotopic (exact) mass is 406 g/mol. The summed E-state index contributed by atoms with van der Waals surface area (Å²) >= 11 is 0. The summed E-state index contributed by atoms with van der Waals surface area (Å²) in [5.74, 6) is -0.212. The fraction of sp³-hybridized carbons (Fsp3) is 0.474. The number of amides is 6. The third-order valence-electron chi connectivity index (χ3n) is 3.91. The van der Waals surface area contributed by atoms with Crippen LogP contribution < -0.4 is 20.1 Å². The largest absolute Gasteiger partial charge is 0.490 e. The van der Waals surface area contributed by atoms with E-state index < -0.39 is 30.4 Å². The number of rotatable bonds is 9. The summed E-state index contributed by atoms with van der Waals surface area (Å²) in [6.07, 6.45) is 1.65. The molecule has 1 saturated heterocycles. The number of urea groups is 2. The highest BCUT2D eigenvalue weighted by Gasteiger charge is 2.35. The van der Waals surface area contributed by atoms with Crippen LogP contribution in [0.15, 0.2) is 18.2 Å². The highest BCUT2D eigenvalue weighted by molar-refractivity contribution is 6.07. The van der Waals surface area contributed by atoms with Gasteiger partial charge in [-0.2, -0.15) is 0 Å². The van der Waals surface area contributed by atoms with Gasteiger partial charge in [0, 0.05) is 18.8 Å². The normalized spacial score (nSPS) is 13.5. The van der Waals surface area contributed by atoms with E-state index >= 15 is 0 Å². The Morgan fingerprint density at radius 2 is 1.72 bits per heavy atom. The Morgan fingerprint density at radius 3 is 2.31 bits per heavy atom. The lowest BCUT2D eigenvalue weighted by Crippen LogP contribution is -2.44. The van der Waals surface area contributed by atoms with Crippen LogP contribution >= 0.6 is 0 Å². The summed E-state index contributed by atoms with van der Waals surface area (Å²) in [5, 5.41) is 4.62. The Balaban J connectivity index is 1.96. The zero-order valence-electron chi connectivity index (χ0n) is 16.8. The van der Waals surface area contributed by atoms with Gasteiger partial charge in [-0.25, -0.2) is 9.59 Å². The van der Waals surface area contributed by atoms with E-state index in [-0.39, 0.29) is 6.54 Å². The molecule has 0 radical (unpaired) electrons. The molecule has 2 rings (SSSR count). The summed E-state index contributed by atoms with van der Waals surface area (Å²) in [6, 6.07) is 3.54. The van der Waals surface area contributed by atoms with Crippen LogP contribution in [0.25, 0.3) is 0 Å². The number of imide groups is 2. The highest BCUT2D eigenvalue weighted by Crippen LogP contribution is 2.31. The molecule has 1 aliphatic heterocycles. The summed E-state index contributed by atoms with van der Waals surface area (Å²) in [7, 11) is 1.46. The first-order chi connectivity index (χ1) is 13.8. The molecule has 1 fully saturated rings. The fourth-order valence-electron chi connectivity index (χ4n) is 2.54. The van der Waals surface area contributed by atoms with Crippen LogP contribution in [0.1, 0.15) is 26.7 Å². The van der Waals surface area contributed by atoms with E-state index in [1.807, 2.05) is 13.8 Å². The first-order valence-corrected chi connectivity index (χ1v) is 9.41. The number of likely N-dealkylation sites (N-methyl/N-ethyl adjacent to an activating group) is 1. The van der Waals surface area contributed by atoms with E-state index in [1.54, 1.807) is 18.2 Å². The molecule has 1 aromatic carbocycles. The zero-order chi connectivity index (χ0) is 21.4. The second kappa shape index (κ2) is 10.3. The number of carbonyl (C=O) groups is 4. The van der Waals surface area contributed by atoms with E-state index in [9.17, 15) is 19.2 Å². The van der Waals surface area contributed by atoms with E-state index in [2.05, 4.69) is 10.6 Å². The Morgan fingerprint density at radius 1 is 1.07 bits per heavy atom. The summed E-state index contributed by atoms with van der Waals surface area (Å²) in [4.78, 5) is 49.5. The van der Waals surface area contributed by atoms with Gasteiger partial charge in [-0.05, 0) is 25.0 Å². The van der Waals surface area contributed by atoms with Gasteiger partial charge in [0.2, 0.25) is 5.91 Å². The van der Waals surface area contributed by atoms with Crippen molar-refractivity contribution in [2.24, 2.45) is 0 Å². The molecule has 0 bridgehead atoms. The number of anilines is 1. The van der Waals surface area contributed by atoms with E-state index in [1.165, 1.54) is 11.9 Å². The zero-order valence-corrected chi connectivity index (χ0v) is 16.8. The number of nitrogens with one attached hydrogen (secondary N) is 2. The Labute approximate surface area is 169 Å². The minimum absolute atomic E-state index is 0.0920. The third-order valence-corrected chi connectivity index (χ3v) is 3.91. The maximum absolute atomic E-state index is 12.1. The Kier molecular flexibility index (Phi) is 7.81. The predicted molar refractivity (Wildman–Crippen MR) is 105 cm³/mol. The van der Waals surface area contributed by atoms with Gasteiger partial charge in [0.1, 0.15) is 13.1 Å². The van der Waals surface area contributed by atoms with E-state index in [0.29, 0.717) is 30.4 Å². The SMILES string of the molecule is CCCOc1ccc(NC(=O)NC(=O)CN2C(=O)CN(C)C2=O)cc1OCCC. The minimum atomic E-state index is -0.786. The molecular weight excluding hydrogens is 380 g/mol. The first-order valence-electron chi connectivity index (χ1n) is 9.41. The second-order valence-corrected chi connectivity index (χ2v) is 6.48. The maximum Gasteiger partial charge on any atom is 0.327 e. The molecule has 0 aromatic heterocycles. The van der Waals surface area contributed by atoms with Crippen LogP contribution in [-0.4, -0.2) is 67.0 Å². The number of ether oxygens (including phenoxy) is 2. The van der Waals surface area contributed by atoms with Crippen molar-refractivity contribution in [3.63, 3.8) is 0 Å². The lowest BCUT2D eigenvalue weighted by atomic mass is 10.2. The van der Waals surface area contributed by atoms with Crippen LogP contribution in [0.3, 0.4) is 0 Å². The fourth-order valence-corrected chi connectivity index (χ4v) is 2.54. The third kappa shape index (κ3) is 6.09. The minimum Gasteiger partial charge on any atom is -0.490 e. The number of hydrogen-bond acceptors (Lipinski definition) is 6. The van der Waals surface area contributed by atoms with E-state index in [0.717, 1.165) is 17.7 Å². The van der Waals surface area contributed by atoms with Crippen molar-refractivity contribution in [2.75, 3.05) is 38.7 Å². The molecule has 1 aromatic rings. The topological polar surface area (TPSA) is 117 Å². The predicted octanol–water partition coefficient (Wildman–Crippen LogP) is 1.81. The average Bonchev–Trinajstić information content (AvgIpc) is 2.91. The molecule has 1 aliphatic rings. The summed E-state index contributed by atoms with van der Waals surface area (Å²) in [6.45, 7) is 4.37. The number of benzene rings is 1. The lowest BCUT2D eigenvalue weighted by Gasteiger charge is -2.15. The van der Waals surface area contributed by atoms with Crippen LogP contribution in [0.2, 0.25) is 0 Å². The van der Waals surface area contributed by atoms with Crippen molar-refractivity contribution in [1.29, 1.82) is 0 Å². The Hall–Kier alpha value is -3.30. The quantitative estimate of drug-likeness (QED) is 0.604. The standard InChI is InChI=1S/C19H26N4O6/c1-4-8-28-14-7-6-13(10-15(14)29-9-5-2)20-18(26)21-16(24)11-23-17(25)12-22(3)19(23)27/h6-7,10H,4-5,8-9,11-12H2,1-3H3,(H2,20,21,24,26). The molecule has 0 spiro atoms. The lowest BCUT2D eigenvalue weighted by molar-refractivity contribution is -0.130. The van der Waals surface area contributed by atoms with Gasteiger partial charge >= 0.3 is 12.1 Å². The van der Waals surface area contributed by atoms with Crippen LogP contribution in [0.4, 0.5) is 15.3 Å². The summed E-state index contributed by atoms with van der Waals surface area (Å²) in [5.41, 5.74) is 0.401. The number of carbonyl (C=O) groups excluding carboxylic acids is 4. The van der Waals surface area contributed by atoms with Gasteiger partial charge < -0.3 is 19.7 Å². The average molecular weight is 406 g/mol. The van der Waals surface area contributed by atoms with Crippen molar-refractivity contribution in [3.8, 4) is 11.5 Å². The molecule has 0 saturated carbocycles. The van der Waals surface area contributed by atoms with Crippen LogP contribution in [0, 0.1) is 0 Å². The van der Waals surface area contributed by atoms with Crippen molar-refractivity contribution < 1.29 is 28.7 Å².